The number of hydrogen-bond donors (Lipinski definition) is 0. The number of ether oxygens (including phenoxy) is 1. The molecule has 0 amide bonds. The zero-order chi connectivity index (χ0) is 23.2. The number of benzene rings is 2. The maximum absolute atomic E-state index is 13.8. The molecule has 2 aromatic carbocycles. The van der Waals surface area contributed by atoms with Crippen LogP contribution >= 0.6 is 7.82 Å². The van der Waals surface area contributed by atoms with Gasteiger partial charge in [-0.05, 0) is 43.5 Å². The first-order valence-corrected chi connectivity index (χ1v) is 12.6. The topological polar surface area (TPSA) is 71.1 Å². The van der Waals surface area contributed by atoms with E-state index in [1.807, 2.05) is 19.1 Å². The monoisotopic (exact) mass is 460 g/mol. The van der Waals surface area contributed by atoms with Crippen molar-refractivity contribution < 1.29 is 27.7 Å². The van der Waals surface area contributed by atoms with Gasteiger partial charge in [-0.2, -0.15) is 4.57 Å². The van der Waals surface area contributed by atoms with E-state index in [1.54, 1.807) is 48.5 Å². The molecule has 0 aliphatic carbocycles. The summed E-state index contributed by atoms with van der Waals surface area (Å²) in [6.45, 7) is 4.12. The van der Waals surface area contributed by atoms with Gasteiger partial charge in [0.25, 0.3) is 0 Å². The summed E-state index contributed by atoms with van der Waals surface area (Å²) in [7, 11) is -2.84. The molecule has 0 atom stereocenters. The van der Waals surface area contributed by atoms with Gasteiger partial charge in [-0.15, -0.1) is 0 Å². The first kappa shape index (κ1) is 25.5. The number of para-hydroxylation sites is 2. The number of allylic oxidation sites excluding steroid dienone is 1. The second-order valence-electron chi connectivity index (χ2n) is 7.30. The third kappa shape index (κ3) is 8.43. The molecule has 0 saturated heterocycles. The van der Waals surface area contributed by atoms with Crippen LogP contribution in [-0.2, 0) is 18.6 Å². The summed E-state index contributed by atoms with van der Waals surface area (Å²) in [5.41, 5.74) is 0.374. The minimum absolute atomic E-state index is 0.300. The lowest BCUT2D eigenvalue weighted by molar-refractivity contribution is -0.136. The molecule has 2 aromatic rings. The largest absolute Gasteiger partial charge is 0.646 e. The lowest BCUT2D eigenvalue weighted by Gasteiger charge is -2.22. The second kappa shape index (κ2) is 13.6. The number of unbranched alkanes of at least 4 members (excludes halogenated alkanes) is 3. The Balaban J connectivity index is 2.45. The van der Waals surface area contributed by atoms with Crippen molar-refractivity contribution in [2.75, 3.05) is 7.11 Å². The highest BCUT2D eigenvalue weighted by atomic mass is 31.2. The minimum atomic E-state index is -4.17. The Bertz CT molecular complexity index is 850. The molecule has 0 spiro atoms. The van der Waals surface area contributed by atoms with Crippen molar-refractivity contribution in [3.8, 4) is 11.5 Å². The third-order valence-electron chi connectivity index (χ3n) is 4.70. The van der Waals surface area contributed by atoms with Gasteiger partial charge >= 0.3 is 13.8 Å². The highest BCUT2D eigenvalue weighted by Crippen LogP contribution is 2.52. The summed E-state index contributed by atoms with van der Waals surface area (Å²) in [4.78, 5) is 12.6. The Labute approximate surface area is 191 Å². The van der Waals surface area contributed by atoms with E-state index in [0.717, 1.165) is 32.1 Å². The molecule has 6 nitrogen and oxygen atoms in total. The average Bonchev–Trinajstić information content (AvgIpc) is 2.80. The summed E-state index contributed by atoms with van der Waals surface area (Å²) in [5.74, 6) is 0.491. The van der Waals surface area contributed by atoms with Gasteiger partial charge in [0.1, 0.15) is 17.3 Å². The minimum Gasteiger partial charge on any atom is -0.466 e. The molecule has 0 fully saturated rings. The molecule has 32 heavy (non-hydrogen) atoms. The quantitative estimate of drug-likeness (QED) is 0.0957. The van der Waals surface area contributed by atoms with Crippen molar-refractivity contribution in [3.63, 3.8) is 0 Å². The molecule has 0 unspecified atom stereocenters. The van der Waals surface area contributed by atoms with E-state index >= 15 is 0 Å². The molecule has 7 heteroatoms. The maximum atomic E-state index is 13.8. The number of rotatable bonds is 14. The number of carbonyl (C=O) groups excluding carboxylic acids is 1. The summed E-state index contributed by atoms with van der Waals surface area (Å²) in [6, 6.07) is 17.4. The van der Waals surface area contributed by atoms with Crippen LogP contribution in [0.5, 0.6) is 11.5 Å². The number of esters is 1. The Hall–Kier alpha value is -2.72. The lowest BCUT2D eigenvalue weighted by Crippen LogP contribution is -2.12. The second-order valence-corrected chi connectivity index (χ2v) is 8.74. The molecule has 0 heterocycles. The zero-order valence-electron chi connectivity index (χ0n) is 19.1. The van der Waals surface area contributed by atoms with E-state index in [2.05, 4.69) is 6.92 Å². The van der Waals surface area contributed by atoms with Crippen LogP contribution in [0.2, 0.25) is 0 Å². The lowest BCUT2D eigenvalue weighted by atomic mass is 10.0. The van der Waals surface area contributed by atoms with Gasteiger partial charge in [-0.25, -0.2) is 4.79 Å². The number of carbonyl (C=O) groups is 1. The van der Waals surface area contributed by atoms with Crippen LogP contribution in [0, 0.1) is 0 Å². The highest BCUT2D eigenvalue weighted by molar-refractivity contribution is 7.49. The fourth-order valence-corrected chi connectivity index (χ4v) is 4.37. The molecule has 0 bridgehead atoms. The third-order valence-corrected chi connectivity index (χ3v) is 6.01. The fourth-order valence-electron chi connectivity index (χ4n) is 3.03. The van der Waals surface area contributed by atoms with Crippen LogP contribution in [0.1, 0.15) is 58.8 Å². The molecule has 174 valence electrons. The van der Waals surface area contributed by atoms with Gasteiger partial charge in [0.15, 0.2) is 0 Å². The van der Waals surface area contributed by atoms with Gasteiger partial charge in [0.05, 0.1) is 12.7 Å². The summed E-state index contributed by atoms with van der Waals surface area (Å²) < 4.78 is 36.3. The Morgan fingerprint density at radius 3 is 1.78 bits per heavy atom. The van der Waals surface area contributed by atoms with E-state index < -0.39 is 13.8 Å². The Kier molecular flexibility index (Phi) is 10.9. The van der Waals surface area contributed by atoms with Crippen LogP contribution in [-0.4, -0.2) is 13.1 Å². The molecule has 0 N–H and O–H groups in total. The number of methoxy groups -OCH3 is 1. The number of hydrogen-bond acceptors (Lipinski definition) is 6. The maximum Gasteiger partial charge on any atom is 0.646 e. The van der Waals surface area contributed by atoms with Gasteiger partial charge in [0.2, 0.25) is 0 Å². The van der Waals surface area contributed by atoms with Crippen LogP contribution in [0.4, 0.5) is 0 Å². The number of phosphoric ester groups is 1. The van der Waals surface area contributed by atoms with Gasteiger partial charge in [0, 0.05) is 6.42 Å². The summed E-state index contributed by atoms with van der Waals surface area (Å²) in [5, 5.41) is 0. The van der Waals surface area contributed by atoms with Crippen LogP contribution < -0.4 is 9.05 Å². The van der Waals surface area contributed by atoms with Crippen molar-refractivity contribution in [2.24, 2.45) is 0 Å². The average molecular weight is 461 g/mol. The van der Waals surface area contributed by atoms with Gasteiger partial charge in [-0.3, -0.25) is 0 Å². The van der Waals surface area contributed by atoms with E-state index in [4.69, 9.17) is 18.3 Å². The predicted molar refractivity (Wildman–Crippen MR) is 126 cm³/mol. The van der Waals surface area contributed by atoms with Crippen molar-refractivity contribution >= 4 is 13.8 Å². The predicted octanol–water partition coefficient (Wildman–Crippen LogP) is 7.47. The van der Waals surface area contributed by atoms with Crippen molar-refractivity contribution in [3.05, 3.63) is 72.0 Å². The first-order chi connectivity index (χ1) is 15.5. The van der Waals surface area contributed by atoms with Crippen molar-refractivity contribution in [2.45, 2.75) is 58.8 Å². The Morgan fingerprint density at radius 1 is 0.781 bits per heavy atom. The molecule has 0 saturated carbocycles. The molecule has 0 radical (unpaired) electrons. The summed E-state index contributed by atoms with van der Waals surface area (Å²) >= 11 is 0. The van der Waals surface area contributed by atoms with Crippen LogP contribution in [0.15, 0.2) is 72.0 Å². The van der Waals surface area contributed by atoms with Crippen LogP contribution in [0.3, 0.4) is 0 Å². The zero-order valence-corrected chi connectivity index (χ0v) is 20.0. The standard InChI is InChI=1S/C25H33O6P/c1-4-6-10-20-24(23(19-7-5-2)25(26)28-3)31-32(27,29-21-15-11-8-12-16-21)30-22-17-13-9-14-18-22/h8-9,11-18H,4-7,10,19-20H2,1-3H3/b24-23+. The number of phosphoric acid groups is 1. The van der Waals surface area contributed by atoms with E-state index in [1.165, 1.54) is 7.11 Å². The normalized spacial score (nSPS) is 12.0. The first-order valence-electron chi connectivity index (χ1n) is 11.1. The smallest absolute Gasteiger partial charge is 0.466 e. The molecule has 0 aromatic heterocycles. The summed E-state index contributed by atoms with van der Waals surface area (Å²) in [6.07, 6.45) is 5.27. The SMILES string of the molecule is CCCCC/C(OP(=O)(Oc1ccccc1)Oc1ccccc1)=C(/CCCC)C(=O)OC. The highest BCUT2D eigenvalue weighted by Gasteiger charge is 2.35. The van der Waals surface area contributed by atoms with Gasteiger partial charge < -0.3 is 18.3 Å². The molecular weight excluding hydrogens is 427 g/mol. The van der Waals surface area contributed by atoms with E-state index in [9.17, 15) is 9.36 Å². The van der Waals surface area contributed by atoms with E-state index in [0.29, 0.717) is 35.7 Å². The molecule has 0 aliphatic heterocycles. The Morgan fingerprint density at radius 2 is 1.31 bits per heavy atom. The fraction of sp³-hybridized carbons (Fsp3) is 0.400. The van der Waals surface area contributed by atoms with E-state index in [-0.39, 0.29) is 0 Å². The van der Waals surface area contributed by atoms with Gasteiger partial charge in [-0.1, -0.05) is 69.5 Å². The molecular formula is C25H33O6P. The van der Waals surface area contributed by atoms with Crippen LogP contribution in [0.25, 0.3) is 0 Å². The molecule has 2 rings (SSSR count). The molecule has 0 aliphatic rings. The van der Waals surface area contributed by atoms with Crippen molar-refractivity contribution in [1.82, 2.24) is 0 Å². The van der Waals surface area contributed by atoms with Crippen molar-refractivity contribution in [1.29, 1.82) is 0 Å².